The van der Waals surface area contributed by atoms with Crippen molar-refractivity contribution in [2.45, 2.75) is 57.1 Å². The third-order valence-corrected chi connectivity index (χ3v) is 8.34. The third kappa shape index (κ3) is 7.60. The molecule has 2 amide bonds. The zero-order chi connectivity index (χ0) is 28.4. The van der Waals surface area contributed by atoms with Crippen molar-refractivity contribution in [3.8, 4) is 5.75 Å². The van der Waals surface area contributed by atoms with Crippen molar-refractivity contribution in [2.75, 3.05) is 18.0 Å². The molecule has 208 valence electrons. The molecule has 8 nitrogen and oxygen atoms in total. The van der Waals surface area contributed by atoms with Gasteiger partial charge in [0.25, 0.3) is 10.0 Å². The van der Waals surface area contributed by atoms with Crippen LogP contribution < -0.4 is 14.4 Å². The van der Waals surface area contributed by atoms with E-state index in [9.17, 15) is 18.0 Å². The maximum absolute atomic E-state index is 14.0. The van der Waals surface area contributed by atoms with Crippen molar-refractivity contribution >= 4 is 27.5 Å². The van der Waals surface area contributed by atoms with E-state index in [0.29, 0.717) is 17.9 Å². The first-order valence-corrected chi connectivity index (χ1v) is 14.5. The second-order valence-electron chi connectivity index (χ2n) is 9.27. The molecule has 39 heavy (non-hydrogen) atoms. The summed E-state index contributed by atoms with van der Waals surface area (Å²) in [6.07, 6.45) is 1.12. The molecular weight excluding hydrogens is 514 g/mol. The number of benzene rings is 3. The highest BCUT2D eigenvalue weighted by Crippen LogP contribution is 2.26. The van der Waals surface area contributed by atoms with Gasteiger partial charge in [0, 0.05) is 12.6 Å². The summed E-state index contributed by atoms with van der Waals surface area (Å²) in [6, 6.07) is 23.0. The number of amides is 2. The predicted octanol–water partition coefficient (Wildman–Crippen LogP) is 4.61. The molecule has 3 aromatic rings. The summed E-state index contributed by atoms with van der Waals surface area (Å²) in [4.78, 5) is 28.8. The van der Waals surface area contributed by atoms with Crippen molar-refractivity contribution in [2.24, 2.45) is 0 Å². The quantitative estimate of drug-likeness (QED) is 0.335. The van der Waals surface area contributed by atoms with Gasteiger partial charge in [-0.25, -0.2) is 8.42 Å². The number of ether oxygens (including phenoxy) is 1. The summed E-state index contributed by atoms with van der Waals surface area (Å²) in [6.45, 7) is 5.41. The second kappa shape index (κ2) is 13.8. The van der Waals surface area contributed by atoms with Gasteiger partial charge >= 0.3 is 0 Å². The Bertz CT molecular complexity index is 1320. The first kappa shape index (κ1) is 29.7. The lowest BCUT2D eigenvalue weighted by atomic mass is 10.1. The van der Waals surface area contributed by atoms with Crippen molar-refractivity contribution in [1.82, 2.24) is 10.2 Å². The number of para-hydroxylation sites is 1. The molecule has 0 bridgehead atoms. The molecule has 0 aliphatic rings. The van der Waals surface area contributed by atoms with E-state index < -0.39 is 28.5 Å². The average molecular weight is 552 g/mol. The molecule has 0 saturated heterocycles. The number of carbonyl (C=O) groups excluding carboxylic acids is 2. The van der Waals surface area contributed by atoms with Crippen LogP contribution >= 0.6 is 0 Å². The maximum atomic E-state index is 14.0. The van der Waals surface area contributed by atoms with Gasteiger partial charge in [-0.15, -0.1) is 0 Å². The molecule has 2 unspecified atom stereocenters. The lowest BCUT2D eigenvalue weighted by Crippen LogP contribution is -2.53. The molecule has 0 aliphatic carbocycles. The Labute approximate surface area is 231 Å². The Morgan fingerprint density at radius 3 is 2.00 bits per heavy atom. The summed E-state index contributed by atoms with van der Waals surface area (Å²) >= 11 is 0. The molecule has 0 spiro atoms. The second-order valence-corrected chi connectivity index (χ2v) is 11.1. The number of sulfonamides is 1. The van der Waals surface area contributed by atoms with Crippen LogP contribution in [-0.4, -0.2) is 50.9 Å². The lowest BCUT2D eigenvalue weighted by Gasteiger charge is -2.33. The molecule has 0 fully saturated rings. The number of hydrogen-bond donors (Lipinski definition) is 1. The SMILES string of the molecule is CCC(C)NC(=O)C(CC)N(Cc1ccccc1)C(=O)CN(c1ccccc1)S(=O)(=O)c1ccc(OC)cc1. The highest BCUT2D eigenvalue weighted by Gasteiger charge is 2.33. The smallest absolute Gasteiger partial charge is 0.264 e. The van der Waals surface area contributed by atoms with Gasteiger partial charge in [-0.3, -0.25) is 13.9 Å². The van der Waals surface area contributed by atoms with Crippen molar-refractivity contribution in [1.29, 1.82) is 0 Å². The van der Waals surface area contributed by atoms with Crippen molar-refractivity contribution in [3.05, 3.63) is 90.5 Å². The number of carbonyl (C=O) groups is 2. The molecular formula is C30H37N3O5S. The van der Waals surface area contributed by atoms with Crippen LogP contribution in [0.3, 0.4) is 0 Å². The monoisotopic (exact) mass is 551 g/mol. The number of anilines is 1. The van der Waals surface area contributed by atoms with Gasteiger partial charge in [-0.2, -0.15) is 0 Å². The fourth-order valence-corrected chi connectivity index (χ4v) is 5.55. The molecule has 0 aliphatic heterocycles. The zero-order valence-electron chi connectivity index (χ0n) is 22.9. The van der Waals surface area contributed by atoms with Crippen molar-refractivity contribution in [3.63, 3.8) is 0 Å². The van der Waals surface area contributed by atoms with Gasteiger partial charge in [-0.1, -0.05) is 62.4 Å². The summed E-state index contributed by atoms with van der Waals surface area (Å²) in [7, 11) is -2.63. The molecule has 3 aromatic carbocycles. The topological polar surface area (TPSA) is 96.0 Å². The minimum Gasteiger partial charge on any atom is -0.497 e. The first-order chi connectivity index (χ1) is 18.7. The number of nitrogens with zero attached hydrogens (tertiary/aromatic N) is 2. The van der Waals surface area contributed by atoms with E-state index in [2.05, 4.69) is 5.32 Å². The molecule has 0 saturated carbocycles. The molecule has 9 heteroatoms. The zero-order valence-corrected chi connectivity index (χ0v) is 23.7. The van der Waals surface area contributed by atoms with E-state index in [0.717, 1.165) is 16.3 Å². The minimum atomic E-state index is -4.13. The Hall–Kier alpha value is -3.85. The average Bonchev–Trinajstić information content (AvgIpc) is 2.96. The third-order valence-electron chi connectivity index (χ3n) is 6.55. The fraction of sp³-hybridized carbons (Fsp3) is 0.333. The maximum Gasteiger partial charge on any atom is 0.264 e. The molecule has 0 aromatic heterocycles. The van der Waals surface area contributed by atoms with Crippen LogP contribution in [-0.2, 0) is 26.2 Å². The van der Waals surface area contributed by atoms with E-state index in [1.807, 2.05) is 51.1 Å². The summed E-state index contributed by atoms with van der Waals surface area (Å²) in [5, 5.41) is 2.98. The van der Waals surface area contributed by atoms with Gasteiger partial charge in [0.1, 0.15) is 18.3 Å². The molecule has 3 rings (SSSR count). The minimum absolute atomic E-state index is 0.0242. The number of hydrogen-bond acceptors (Lipinski definition) is 5. The molecule has 2 atom stereocenters. The van der Waals surface area contributed by atoms with E-state index in [1.54, 1.807) is 42.5 Å². The molecule has 1 N–H and O–H groups in total. The van der Waals surface area contributed by atoms with Crippen LogP contribution in [0.25, 0.3) is 0 Å². The Balaban J connectivity index is 2.01. The highest BCUT2D eigenvalue weighted by atomic mass is 32.2. The Morgan fingerprint density at radius 1 is 0.872 bits per heavy atom. The van der Waals surface area contributed by atoms with Gasteiger partial charge in [0.05, 0.1) is 17.7 Å². The van der Waals surface area contributed by atoms with Gasteiger partial charge in [0.15, 0.2) is 0 Å². The Morgan fingerprint density at radius 2 is 1.46 bits per heavy atom. The summed E-state index contributed by atoms with van der Waals surface area (Å²) in [5.74, 6) is -0.227. The van der Waals surface area contributed by atoms with E-state index in [4.69, 9.17) is 4.74 Å². The van der Waals surface area contributed by atoms with Crippen LogP contribution in [0.5, 0.6) is 5.75 Å². The van der Waals surface area contributed by atoms with E-state index in [1.165, 1.54) is 24.1 Å². The number of rotatable bonds is 13. The normalized spacial score (nSPS) is 12.7. The van der Waals surface area contributed by atoms with Crippen LogP contribution in [0, 0.1) is 0 Å². The summed E-state index contributed by atoms with van der Waals surface area (Å²) < 4.78 is 33.9. The van der Waals surface area contributed by atoms with Gasteiger partial charge in [0.2, 0.25) is 11.8 Å². The van der Waals surface area contributed by atoms with Crippen LogP contribution in [0.15, 0.2) is 89.8 Å². The van der Waals surface area contributed by atoms with E-state index in [-0.39, 0.29) is 23.4 Å². The van der Waals surface area contributed by atoms with Gasteiger partial charge < -0.3 is 15.0 Å². The number of methoxy groups -OCH3 is 1. The van der Waals surface area contributed by atoms with Crippen LogP contribution in [0.2, 0.25) is 0 Å². The van der Waals surface area contributed by atoms with Crippen molar-refractivity contribution < 1.29 is 22.7 Å². The first-order valence-electron chi connectivity index (χ1n) is 13.1. The van der Waals surface area contributed by atoms with Crippen LogP contribution in [0.4, 0.5) is 5.69 Å². The lowest BCUT2D eigenvalue weighted by molar-refractivity contribution is -0.140. The molecule has 0 heterocycles. The molecule has 0 radical (unpaired) electrons. The van der Waals surface area contributed by atoms with Crippen LogP contribution in [0.1, 0.15) is 39.2 Å². The van der Waals surface area contributed by atoms with Gasteiger partial charge in [-0.05, 0) is 61.7 Å². The largest absolute Gasteiger partial charge is 0.497 e. The summed E-state index contributed by atoms with van der Waals surface area (Å²) in [5.41, 5.74) is 1.18. The Kier molecular flexibility index (Phi) is 10.5. The van der Waals surface area contributed by atoms with E-state index >= 15 is 0 Å². The predicted molar refractivity (Wildman–Crippen MR) is 153 cm³/mol. The highest BCUT2D eigenvalue weighted by molar-refractivity contribution is 7.92. The fourth-order valence-electron chi connectivity index (χ4n) is 4.14. The number of nitrogens with one attached hydrogen (secondary N) is 1. The standard InChI is InChI=1S/C30H37N3O5S/c1-5-23(3)31-30(35)28(6-2)32(21-24-13-9-7-10-14-24)29(34)22-33(25-15-11-8-12-16-25)39(36,37)27-19-17-26(38-4)18-20-27/h7-20,23,28H,5-6,21-22H2,1-4H3,(H,31,35).